The van der Waals surface area contributed by atoms with Crippen molar-refractivity contribution < 1.29 is 4.79 Å². The fraction of sp³-hybridized carbons (Fsp3) is 0.583. The van der Waals surface area contributed by atoms with Crippen molar-refractivity contribution in [3.63, 3.8) is 0 Å². The quantitative estimate of drug-likeness (QED) is 0.903. The van der Waals surface area contributed by atoms with Crippen LogP contribution in [0.5, 0.6) is 0 Å². The van der Waals surface area contributed by atoms with Crippen molar-refractivity contribution in [2.45, 2.75) is 32.6 Å². The summed E-state index contributed by atoms with van der Waals surface area (Å²) >= 11 is 4.86. The minimum atomic E-state index is 0.0509. The van der Waals surface area contributed by atoms with E-state index < -0.39 is 0 Å². The van der Waals surface area contributed by atoms with Crippen LogP contribution in [0.1, 0.15) is 42.3 Å². The third-order valence-electron chi connectivity index (χ3n) is 3.31. The van der Waals surface area contributed by atoms with E-state index in [1.165, 1.54) is 37.0 Å². The Kier molecular flexibility index (Phi) is 3.70. The molecule has 2 rings (SSSR count). The summed E-state index contributed by atoms with van der Waals surface area (Å²) < 4.78 is 0.895. The molecule has 0 aromatic carbocycles. The van der Waals surface area contributed by atoms with E-state index in [1.807, 2.05) is 11.4 Å². The van der Waals surface area contributed by atoms with Crippen molar-refractivity contribution in [2.75, 3.05) is 6.54 Å². The number of carbonyl (C=O) groups is 1. The van der Waals surface area contributed by atoms with E-state index in [9.17, 15) is 4.79 Å². The maximum atomic E-state index is 11.9. The first kappa shape index (κ1) is 12.1. The van der Waals surface area contributed by atoms with Crippen LogP contribution in [0, 0.1) is 5.41 Å². The monoisotopic (exact) mass is 301 g/mol. The van der Waals surface area contributed by atoms with Crippen LogP contribution in [0.2, 0.25) is 0 Å². The van der Waals surface area contributed by atoms with Gasteiger partial charge >= 0.3 is 0 Å². The lowest BCUT2D eigenvalue weighted by Gasteiger charge is -2.23. The fourth-order valence-corrected chi connectivity index (χ4v) is 3.70. The largest absolute Gasteiger partial charge is 0.351 e. The maximum Gasteiger partial charge on any atom is 0.262 e. The highest BCUT2D eigenvalue weighted by Gasteiger charge is 2.29. The molecule has 1 aromatic heterocycles. The molecule has 4 heteroatoms. The van der Waals surface area contributed by atoms with Crippen molar-refractivity contribution in [1.82, 2.24) is 5.32 Å². The lowest BCUT2D eigenvalue weighted by molar-refractivity contribution is 0.0937. The van der Waals surface area contributed by atoms with Crippen LogP contribution < -0.4 is 5.32 Å². The molecule has 0 radical (unpaired) electrons. The van der Waals surface area contributed by atoms with Gasteiger partial charge in [0.15, 0.2) is 0 Å². The summed E-state index contributed by atoms with van der Waals surface area (Å²) in [6.07, 6.45) is 5.07. The van der Waals surface area contributed by atoms with Crippen LogP contribution in [0.25, 0.3) is 0 Å². The molecule has 0 aliphatic heterocycles. The van der Waals surface area contributed by atoms with E-state index >= 15 is 0 Å². The van der Waals surface area contributed by atoms with Gasteiger partial charge in [-0.25, -0.2) is 0 Å². The van der Waals surface area contributed by atoms with E-state index in [0.29, 0.717) is 5.41 Å². The number of hydrogen-bond donors (Lipinski definition) is 1. The zero-order valence-corrected chi connectivity index (χ0v) is 11.8. The number of halogens is 1. The van der Waals surface area contributed by atoms with E-state index in [1.54, 1.807) is 0 Å². The Bertz CT molecular complexity index is 382. The average Bonchev–Trinajstić information content (AvgIpc) is 2.85. The number of nitrogens with one attached hydrogen (secondary N) is 1. The zero-order chi connectivity index (χ0) is 11.6. The molecule has 0 spiro atoms. The molecule has 1 heterocycles. The second kappa shape index (κ2) is 4.88. The van der Waals surface area contributed by atoms with Crippen molar-refractivity contribution in [3.05, 3.63) is 20.8 Å². The summed E-state index contributed by atoms with van der Waals surface area (Å²) in [4.78, 5) is 12.7. The lowest BCUT2D eigenvalue weighted by atomic mass is 9.89. The van der Waals surface area contributed by atoms with E-state index in [4.69, 9.17) is 0 Å². The summed E-state index contributed by atoms with van der Waals surface area (Å²) in [5.74, 6) is 0.0509. The molecular formula is C12H16BrNOS. The SMILES string of the molecule is CC1(CNC(=O)c2sccc2Br)CCCC1. The first-order valence-corrected chi connectivity index (χ1v) is 7.29. The molecule has 0 saturated heterocycles. The van der Waals surface area contributed by atoms with Crippen molar-refractivity contribution >= 4 is 33.2 Å². The van der Waals surface area contributed by atoms with Gasteiger partial charge in [0.05, 0.1) is 0 Å². The van der Waals surface area contributed by atoms with Crippen LogP contribution >= 0.6 is 27.3 Å². The highest BCUT2D eigenvalue weighted by Crippen LogP contribution is 2.36. The van der Waals surface area contributed by atoms with E-state index in [2.05, 4.69) is 28.2 Å². The Labute approximate surface area is 109 Å². The molecule has 1 fully saturated rings. The van der Waals surface area contributed by atoms with E-state index in [0.717, 1.165) is 15.9 Å². The molecule has 0 atom stereocenters. The molecule has 1 aliphatic carbocycles. The smallest absolute Gasteiger partial charge is 0.262 e. The van der Waals surface area contributed by atoms with Gasteiger partial charge in [-0.05, 0) is 45.6 Å². The highest BCUT2D eigenvalue weighted by atomic mass is 79.9. The van der Waals surface area contributed by atoms with Gasteiger partial charge in [-0.1, -0.05) is 19.8 Å². The summed E-state index contributed by atoms with van der Waals surface area (Å²) in [6, 6.07) is 1.91. The van der Waals surface area contributed by atoms with Gasteiger partial charge in [0, 0.05) is 11.0 Å². The average molecular weight is 302 g/mol. The topological polar surface area (TPSA) is 29.1 Å². The predicted molar refractivity (Wildman–Crippen MR) is 70.9 cm³/mol. The van der Waals surface area contributed by atoms with Gasteiger partial charge in [-0.3, -0.25) is 4.79 Å². The lowest BCUT2D eigenvalue weighted by Crippen LogP contribution is -2.33. The second-order valence-electron chi connectivity index (χ2n) is 4.80. The molecule has 1 amide bonds. The second-order valence-corrected chi connectivity index (χ2v) is 6.57. The zero-order valence-electron chi connectivity index (χ0n) is 9.38. The predicted octanol–water partition coefficient (Wildman–Crippen LogP) is 3.82. The number of hydrogen-bond acceptors (Lipinski definition) is 2. The Hall–Kier alpha value is -0.350. The highest BCUT2D eigenvalue weighted by molar-refractivity contribution is 9.10. The third-order valence-corrected chi connectivity index (χ3v) is 5.15. The van der Waals surface area contributed by atoms with Gasteiger partial charge in [0.2, 0.25) is 0 Å². The molecule has 16 heavy (non-hydrogen) atoms. The minimum Gasteiger partial charge on any atom is -0.351 e. The van der Waals surface area contributed by atoms with Gasteiger partial charge in [-0.15, -0.1) is 11.3 Å². The van der Waals surface area contributed by atoms with Crippen LogP contribution in [0.3, 0.4) is 0 Å². The Morgan fingerprint density at radius 1 is 1.56 bits per heavy atom. The van der Waals surface area contributed by atoms with Gasteiger partial charge in [0.1, 0.15) is 4.88 Å². The number of carbonyl (C=O) groups excluding carboxylic acids is 1. The standard InChI is InChI=1S/C12H16BrNOS/c1-12(5-2-3-6-12)8-14-11(15)10-9(13)4-7-16-10/h4,7H,2-3,5-6,8H2,1H3,(H,14,15). The molecule has 1 N–H and O–H groups in total. The van der Waals surface area contributed by atoms with Gasteiger partial charge < -0.3 is 5.32 Å². The number of thiophene rings is 1. The minimum absolute atomic E-state index is 0.0509. The Morgan fingerprint density at radius 2 is 2.25 bits per heavy atom. The molecule has 1 saturated carbocycles. The van der Waals surface area contributed by atoms with Gasteiger partial charge in [-0.2, -0.15) is 0 Å². The summed E-state index contributed by atoms with van der Waals surface area (Å²) in [5, 5.41) is 4.98. The Balaban J connectivity index is 1.91. The van der Waals surface area contributed by atoms with Crippen molar-refractivity contribution in [2.24, 2.45) is 5.41 Å². The molecular weight excluding hydrogens is 286 g/mol. The number of rotatable bonds is 3. The fourth-order valence-electron chi connectivity index (χ4n) is 2.24. The molecule has 1 aliphatic rings. The van der Waals surface area contributed by atoms with Gasteiger partial charge in [0.25, 0.3) is 5.91 Å². The van der Waals surface area contributed by atoms with Crippen LogP contribution in [-0.4, -0.2) is 12.5 Å². The molecule has 1 aromatic rings. The first-order chi connectivity index (χ1) is 7.61. The molecule has 0 bridgehead atoms. The van der Waals surface area contributed by atoms with Crippen molar-refractivity contribution in [3.8, 4) is 0 Å². The third kappa shape index (κ3) is 2.66. The van der Waals surface area contributed by atoms with E-state index in [-0.39, 0.29) is 5.91 Å². The summed E-state index contributed by atoms with van der Waals surface area (Å²) in [5.41, 5.74) is 0.319. The Morgan fingerprint density at radius 3 is 2.81 bits per heavy atom. The number of amides is 1. The summed E-state index contributed by atoms with van der Waals surface area (Å²) in [7, 11) is 0. The van der Waals surface area contributed by atoms with Crippen LogP contribution in [0.4, 0.5) is 0 Å². The van der Waals surface area contributed by atoms with Crippen LogP contribution in [-0.2, 0) is 0 Å². The van der Waals surface area contributed by atoms with Crippen molar-refractivity contribution in [1.29, 1.82) is 0 Å². The molecule has 88 valence electrons. The molecule has 2 nitrogen and oxygen atoms in total. The molecule has 0 unspecified atom stereocenters. The normalized spacial score (nSPS) is 18.6. The summed E-state index contributed by atoms with van der Waals surface area (Å²) in [6.45, 7) is 3.07. The maximum absolute atomic E-state index is 11.9. The first-order valence-electron chi connectivity index (χ1n) is 5.62. The van der Waals surface area contributed by atoms with Crippen LogP contribution in [0.15, 0.2) is 15.9 Å².